The Morgan fingerprint density at radius 2 is 1.57 bits per heavy atom. The highest BCUT2D eigenvalue weighted by atomic mass is 79.9. The minimum atomic E-state index is -1.08. The fourth-order valence-corrected chi connectivity index (χ4v) is 8.81. The first-order chi connectivity index (χ1) is 27.2. The molecule has 0 aliphatic carbocycles. The van der Waals surface area contributed by atoms with Gasteiger partial charge in [-0.1, -0.05) is 34.1 Å². The van der Waals surface area contributed by atoms with Gasteiger partial charge in [0.15, 0.2) is 5.75 Å². The second kappa shape index (κ2) is 16.6. The Kier molecular flexibility index (Phi) is 11.2. The van der Waals surface area contributed by atoms with Gasteiger partial charge in [-0.25, -0.2) is 4.79 Å². The third-order valence-electron chi connectivity index (χ3n) is 10.4. The Morgan fingerprint density at radius 3 is 2.34 bits per heavy atom. The first-order valence-electron chi connectivity index (χ1n) is 18.7. The van der Waals surface area contributed by atoms with E-state index in [0.29, 0.717) is 25.4 Å². The molecule has 1 aromatic heterocycles. The highest BCUT2D eigenvalue weighted by Crippen LogP contribution is 2.47. The topological polar surface area (TPSA) is 132 Å². The number of amides is 2. The molecule has 4 heterocycles. The van der Waals surface area contributed by atoms with Gasteiger partial charge in [-0.2, -0.15) is 0 Å². The number of benzene rings is 4. The first-order valence-corrected chi connectivity index (χ1v) is 20.3. The van der Waals surface area contributed by atoms with Gasteiger partial charge in [0.05, 0.1) is 22.1 Å². The number of fused-ring (bicyclic) bond motifs is 2. The number of cyclic esters (lactones) is 2. The number of carbonyl (C=O) groups excluding carboxylic acids is 4. The maximum Gasteiger partial charge on any atom is 0.337 e. The molecule has 0 saturated carbocycles. The SMILES string of the molecule is O=C1CCC(N2C(=O)c3ccc(CCCOC4CCN(CCOc5ccc(Oc6c(-c7ccc(Br)cc7)sc7cc(O)ccc67)cc5)CC4)cc3C2=O)C(=O)O1. The number of carbonyl (C=O) groups is 4. The molecule has 2 amide bonds. The lowest BCUT2D eigenvalue weighted by Gasteiger charge is -2.31. The summed E-state index contributed by atoms with van der Waals surface area (Å²) in [5.74, 6) is -0.130. The molecular weight excluding hydrogens is 800 g/mol. The number of imide groups is 1. The number of hydrogen-bond acceptors (Lipinski definition) is 11. The van der Waals surface area contributed by atoms with Crippen LogP contribution in [-0.2, 0) is 25.5 Å². The number of phenolic OH excluding ortho intramolecular Hbond substituents is 1. The second-order valence-electron chi connectivity index (χ2n) is 14.1. The van der Waals surface area contributed by atoms with E-state index in [-0.39, 0.29) is 35.8 Å². The molecule has 0 spiro atoms. The highest BCUT2D eigenvalue weighted by molar-refractivity contribution is 9.10. The van der Waals surface area contributed by atoms with Gasteiger partial charge in [-0.15, -0.1) is 11.3 Å². The van der Waals surface area contributed by atoms with Crippen molar-refractivity contribution in [1.29, 1.82) is 0 Å². The van der Waals surface area contributed by atoms with Gasteiger partial charge in [0.25, 0.3) is 11.8 Å². The first kappa shape index (κ1) is 37.8. The Hall–Kier alpha value is -5.08. The van der Waals surface area contributed by atoms with Crippen LogP contribution in [0.2, 0.25) is 0 Å². The molecule has 8 rings (SSSR count). The number of nitrogens with zero attached hydrogens (tertiary/aromatic N) is 2. The zero-order valence-electron chi connectivity index (χ0n) is 30.4. The minimum absolute atomic E-state index is 0.0188. The number of phenols is 1. The molecule has 11 nitrogen and oxygen atoms in total. The van der Waals surface area contributed by atoms with Gasteiger partial charge < -0.3 is 24.1 Å². The van der Waals surface area contributed by atoms with E-state index in [1.54, 1.807) is 35.6 Å². The van der Waals surface area contributed by atoms with Crippen LogP contribution in [0.25, 0.3) is 20.5 Å². The quantitative estimate of drug-likeness (QED) is 0.0537. The van der Waals surface area contributed by atoms with Crippen LogP contribution in [0.4, 0.5) is 0 Å². The summed E-state index contributed by atoms with van der Waals surface area (Å²) in [5, 5.41) is 11.0. The Balaban J connectivity index is 0.758. The van der Waals surface area contributed by atoms with Crippen molar-refractivity contribution in [1.82, 2.24) is 9.80 Å². The summed E-state index contributed by atoms with van der Waals surface area (Å²) < 4.78 is 25.4. The molecule has 1 N–H and O–H groups in total. The summed E-state index contributed by atoms with van der Waals surface area (Å²) in [5.41, 5.74) is 2.49. The van der Waals surface area contributed by atoms with E-state index in [1.807, 2.05) is 60.7 Å². The van der Waals surface area contributed by atoms with E-state index >= 15 is 0 Å². The normalized spacial score (nSPS) is 17.7. The molecule has 13 heteroatoms. The van der Waals surface area contributed by atoms with Crippen LogP contribution >= 0.6 is 27.3 Å². The van der Waals surface area contributed by atoms with Gasteiger partial charge in [0.2, 0.25) is 0 Å². The molecule has 3 aliphatic rings. The lowest BCUT2D eigenvalue weighted by atomic mass is 10.0. The number of halogens is 1. The molecule has 288 valence electrons. The van der Waals surface area contributed by atoms with Gasteiger partial charge in [-0.05, 0) is 110 Å². The Labute approximate surface area is 335 Å². The lowest BCUT2D eigenvalue weighted by molar-refractivity contribution is -0.167. The summed E-state index contributed by atoms with van der Waals surface area (Å²) in [4.78, 5) is 54.0. The van der Waals surface area contributed by atoms with Crippen LogP contribution in [0.3, 0.4) is 0 Å². The highest BCUT2D eigenvalue weighted by Gasteiger charge is 2.45. The second-order valence-corrected chi connectivity index (χ2v) is 16.1. The molecule has 3 aliphatic heterocycles. The molecule has 5 aromatic rings. The van der Waals surface area contributed by atoms with E-state index in [9.17, 15) is 24.3 Å². The van der Waals surface area contributed by atoms with Crippen LogP contribution in [0.1, 0.15) is 58.4 Å². The molecule has 2 fully saturated rings. The molecule has 2 saturated heterocycles. The third-order valence-corrected chi connectivity index (χ3v) is 12.1. The van der Waals surface area contributed by atoms with Crippen molar-refractivity contribution >= 4 is 61.1 Å². The molecule has 1 unspecified atom stereocenters. The Bertz CT molecular complexity index is 2280. The molecule has 56 heavy (non-hydrogen) atoms. The van der Waals surface area contributed by atoms with Crippen molar-refractivity contribution in [3.05, 3.63) is 106 Å². The summed E-state index contributed by atoms with van der Waals surface area (Å²) in [6.45, 7) is 3.81. The lowest BCUT2D eigenvalue weighted by Crippen LogP contribution is -2.48. The van der Waals surface area contributed by atoms with Crippen LogP contribution in [0.5, 0.6) is 23.0 Å². The fourth-order valence-electron chi connectivity index (χ4n) is 7.38. The van der Waals surface area contributed by atoms with Gasteiger partial charge in [0, 0.05) is 47.2 Å². The number of likely N-dealkylation sites (tertiary alicyclic amines) is 1. The van der Waals surface area contributed by atoms with E-state index < -0.39 is 29.8 Å². The molecular formula is C43H39BrN2O9S. The number of rotatable bonds is 13. The summed E-state index contributed by atoms with van der Waals surface area (Å²) in [6.07, 6.45) is 3.56. The number of thiophene rings is 1. The van der Waals surface area contributed by atoms with Crippen LogP contribution in [0.15, 0.2) is 89.4 Å². The van der Waals surface area contributed by atoms with E-state index in [2.05, 4.69) is 25.6 Å². The van der Waals surface area contributed by atoms with Gasteiger partial charge in [0.1, 0.15) is 29.9 Å². The summed E-state index contributed by atoms with van der Waals surface area (Å²) in [6, 6.07) is 25.2. The van der Waals surface area contributed by atoms with Crippen molar-refractivity contribution in [2.75, 3.05) is 32.8 Å². The minimum Gasteiger partial charge on any atom is -0.508 e. The largest absolute Gasteiger partial charge is 0.508 e. The van der Waals surface area contributed by atoms with Crippen molar-refractivity contribution in [3.63, 3.8) is 0 Å². The van der Waals surface area contributed by atoms with Crippen molar-refractivity contribution < 1.29 is 43.2 Å². The summed E-state index contributed by atoms with van der Waals surface area (Å²) >= 11 is 5.09. The molecule has 1 atom stereocenters. The van der Waals surface area contributed by atoms with Crippen LogP contribution < -0.4 is 9.47 Å². The van der Waals surface area contributed by atoms with E-state index in [0.717, 1.165) is 85.9 Å². The molecule has 0 bridgehead atoms. The van der Waals surface area contributed by atoms with Gasteiger partial charge >= 0.3 is 11.9 Å². The maximum atomic E-state index is 13.1. The van der Waals surface area contributed by atoms with Crippen molar-refractivity contribution in [2.45, 2.75) is 50.7 Å². The standard InChI is InChI=1S/C43H39BrN2O9S/c44-28-6-4-27(5-7-28)40-39(34-14-8-29(47)25-37(34)56-40)54-32-11-9-30(10-12-32)53-23-21-45-19-17-31(18-20-45)52-22-1-2-26-3-13-33-35(24-26)42(50)46(41(33)49)36-15-16-38(48)55-43(36)51/h3-14,24-25,31,36,47H,1-2,15-23H2. The third kappa shape index (κ3) is 8.22. The fraction of sp³-hybridized carbons (Fsp3) is 0.302. The summed E-state index contributed by atoms with van der Waals surface area (Å²) in [7, 11) is 0. The number of esters is 2. The van der Waals surface area contributed by atoms with Crippen LogP contribution in [-0.4, -0.2) is 83.7 Å². The van der Waals surface area contributed by atoms with E-state index in [1.165, 1.54) is 0 Å². The Morgan fingerprint density at radius 1 is 0.821 bits per heavy atom. The average molecular weight is 840 g/mol. The average Bonchev–Trinajstić information content (AvgIpc) is 3.67. The van der Waals surface area contributed by atoms with Crippen molar-refractivity contribution in [3.8, 4) is 33.4 Å². The van der Waals surface area contributed by atoms with Crippen molar-refractivity contribution in [2.24, 2.45) is 0 Å². The number of piperidine rings is 1. The van der Waals surface area contributed by atoms with Gasteiger partial charge in [-0.3, -0.25) is 24.2 Å². The molecule has 4 aromatic carbocycles. The number of aryl methyl sites for hydroxylation is 1. The maximum absolute atomic E-state index is 13.1. The zero-order valence-corrected chi connectivity index (χ0v) is 32.8. The van der Waals surface area contributed by atoms with Crippen LogP contribution in [0, 0.1) is 0 Å². The monoisotopic (exact) mass is 838 g/mol. The van der Waals surface area contributed by atoms with E-state index in [4.69, 9.17) is 14.2 Å². The number of ether oxygens (including phenoxy) is 4. The zero-order chi connectivity index (χ0) is 38.8. The molecule has 0 radical (unpaired) electrons. The predicted octanol–water partition coefficient (Wildman–Crippen LogP) is 8.15. The smallest absolute Gasteiger partial charge is 0.337 e. The predicted molar refractivity (Wildman–Crippen MR) is 213 cm³/mol. The number of hydrogen-bond donors (Lipinski definition) is 1. The number of aromatic hydroxyl groups is 1.